The quantitative estimate of drug-likeness (QED) is 0.242. The number of rotatable bonds is 2. The maximum atomic E-state index is 9.84. The van der Waals surface area contributed by atoms with Crippen LogP contribution in [0.5, 0.6) is 0 Å². The van der Waals surface area contributed by atoms with E-state index in [0.717, 1.165) is 0 Å². The normalized spacial score (nSPS) is 15.3. The van der Waals surface area contributed by atoms with Crippen LogP contribution in [-0.2, 0) is 20.2 Å². The standard InChI is InChI=1S/CH4O6S2.2F5P.2Li.2H/c2-8(3,4)1-9(5,6)7;2*1-6(2,3,4)5;;;;/h1H2,(H,2,3,4)(H,5,6,7);;;;;;/q;;;2*+1;2*-1. The molecule has 0 rings (SSSR count). The minimum absolute atomic E-state index is 0. The molecule has 0 aliphatic carbocycles. The van der Waals surface area contributed by atoms with Crippen LogP contribution in [0.2, 0.25) is 0 Å². The fourth-order valence-corrected chi connectivity index (χ4v) is 1.69. The second-order valence-electron chi connectivity index (χ2n) is 2.56. The third-order valence-electron chi connectivity index (χ3n) is 0.298. The maximum Gasteiger partial charge on any atom is 1.00 e. The molecule has 6 nitrogen and oxygen atoms in total. The van der Waals surface area contributed by atoms with Gasteiger partial charge in [-0.1, -0.05) is 0 Å². The SMILES string of the molecule is FP(F)(F)(F)F.FP(F)(F)(F)F.O=S(=O)(O)CS(=O)(=O)O.[H-].[H-].[Li+].[Li+]. The van der Waals surface area contributed by atoms with E-state index in [1.807, 2.05) is 0 Å². The van der Waals surface area contributed by atoms with Crippen molar-refractivity contribution in [3.8, 4) is 0 Å². The Labute approximate surface area is 150 Å². The van der Waals surface area contributed by atoms with E-state index in [-0.39, 0.29) is 40.6 Å². The van der Waals surface area contributed by atoms with E-state index in [1.165, 1.54) is 0 Å². The van der Waals surface area contributed by atoms with Crippen LogP contribution in [0.3, 0.4) is 0 Å². The van der Waals surface area contributed by atoms with Crippen molar-refractivity contribution >= 4 is 36.6 Å². The largest absolute Gasteiger partial charge is 1.00 e. The Kier molecular flexibility index (Phi) is 15.0. The molecule has 140 valence electrons. The molecule has 22 heteroatoms. The van der Waals surface area contributed by atoms with E-state index < -0.39 is 41.6 Å². The zero-order chi connectivity index (χ0) is 18.6. The third kappa shape index (κ3) is 202. The van der Waals surface area contributed by atoms with Crippen LogP contribution < -0.4 is 37.7 Å². The average Bonchev–Trinajstić information content (AvgIpc) is 1.57. The Morgan fingerprint density at radius 3 is 0.696 bits per heavy atom. The molecular formula is CH6F10Li2O6P2S2. The number of halogens is 10. The van der Waals surface area contributed by atoms with Gasteiger partial charge in [-0.3, -0.25) is 9.11 Å². The molecule has 0 spiro atoms. The van der Waals surface area contributed by atoms with Gasteiger partial charge in [0.15, 0.2) is 0 Å². The Morgan fingerprint density at radius 1 is 0.609 bits per heavy atom. The van der Waals surface area contributed by atoms with Gasteiger partial charge in [0.25, 0.3) is 20.2 Å². The molecule has 0 amide bonds. The zero-order valence-corrected chi connectivity index (χ0v) is 14.1. The maximum absolute atomic E-state index is 9.84. The summed E-state index contributed by atoms with van der Waals surface area (Å²) in [5.74, 6) is 0. The van der Waals surface area contributed by atoms with Crippen LogP contribution in [0.4, 0.5) is 42.0 Å². The van der Waals surface area contributed by atoms with Crippen LogP contribution in [0.1, 0.15) is 2.85 Å². The predicted octanol–water partition coefficient (Wildman–Crippen LogP) is -1.12. The average molecular weight is 444 g/mol. The van der Waals surface area contributed by atoms with Crippen molar-refractivity contribution in [3.63, 3.8) is 0 Å². The van der Waals surface area contributed by atoms with Gasteiger partial charge in [0.2, 0.25) is 5.08 Å². The molecule has 0 bridgehead atoms. The van der Waals surface area contributed by atoms with Gasteiger partial charge in [-0.05, 0) is 0 Å². The van der Waals surface area contributed by atoms with Crippen molar-refractivity contribution in [2.45, 2.75) is 0 Å². The molecule has 0 unspecified atom stereocenters. The molecule has 0 aromatic heterocycles. The van der Waals surface area contributed by atoms with E-state index in [4.69, 9.17) is 9.11 Å². The van der Waals surface area contributed by atoms with Crippen molar-refractivity contribution < 1.29 is 108 Å². The van der Waals surface area contributed by atoms with Gasteiger partial charge in [-0.2, -0.15) is 16.8 Å². The molecule has 0 saturated heterocycles. The Morgan fingerprint density at radius 2 is 0.696 bits per heavy atom. The van der Waals surface area contributed by atoms with Gasteiger partial charge >= 0.3 is 96.0 Å². The van der Waals surface area contributed by atoms with Crippen molar-refractivity contribution in [1.29, 1.82) is 0 Å². The summed E-state index contributed by atoms with van der Waals surface area (Å²) in [5, 5.41) is -1.65. The smallest absolute Gasteiger partial charge is 1.00 e. The van der Waals surface area contributed by atoms with Crippen molar-refractivity contribution in [2.24, 2.45) is 0 Å². The van der Waals surface area contributed by atoms with Crippen molar-refractivity contribution in [1.82, 2.24) is 0 Å². The van der Waals surface area contributed by atoms with Gasteiger partial charge in [0.1, 0.15) is 0 Å². The Balaban J connectivity index is -0.0000000369. The predicted molar refractivity (Wildman–Crippen MR) is 55.1 cm³/mol. The summed E-state index contributed by atoms with van der Waals surface area (Å²) in [5.41, 5.74) is 0. The summed E-state index contributed by atoms with van der Waals surface area (Å²) in [6.07, 6.45) is 0. The fourth-order valence-electron chi connectivity index (χ4n) is 0.188. The van der Waals surface area contributed by atoms with Crippen LogP contribution in [0, 0.1) is 0 Å². The third-order valence-corrected chi connectivity index (χ3v) is 2.68. The first-order valence-corrected chi connectivity index (χ1v) is 9.90. The van der Waals surface area contributed by atoms with Gasteiger partial charge in [0, 0.05) is 0 Å². The Bertz CT molecular complexity index is 470. The second kappa shape index (κ2) is 9.76. The fraction of sp³-hybridized carbons (Fsp3) is 1.00. The summed E-state index contributed by atoms with van der Waals surface area (Å²) in [6.45, 7) is 0. The molecule has 0 saturated carbocycles. The minimum atomic E-state index is -8.55. The molecule has 0 aliphatic rings. The molecule has 0 radical (unpaired) electrons. The van der Waals surface area contributed by atoms with E-state index in [2.05, 4.69) is 0 Å². The summed E-state index contributed by atoms with van der Waals surface area (Å²) in [6, 6.07) is 0. The van der Waals surface area contributed by atoms with E-state index in [0.29, 0.717) is 0 Å². The Hall–Kier alpha value is 1.17. The number of hydrogen-bond donors (Lipinski definition) is 2. The summed E-state index contributed by atoms with van der Waals surface area (Å²) >= 11 is 0. The minimum Gasteiger partial charge on any atom is -1.00 e. The van der Waals surface area contributed by atoms with Crippen LogP contribution >= 0.6 is 16.3 Å². The molecule has 23 heavy (non-hydrogen) atoms. The van der Waals surface area contributed by atoms with E-state index in [9.17, 15) is 58.8 Å². The zero-order valence-electron chi connectivity index (χ0n) is 12.7. The summed E-state index contributed by atoms with van der Waals surface area (Å²) in [7, 11) is -26.3. The molecule has 0 aliphatic heterocycles. The topological polar surface area (TPSA) is 109 Å². The number of hydrogen-bond acceptors (Lipinski definition) is 4. The first-order chi connectivity index (χ1) is 8.18. The van der Waals surface area contributed by atoms with Crippen molar-refractivity contribution in [3.05, 3.63) is 0 Å². The van der Waals surface area contributed by atoms with Gasteiger partial charge in [0.05, 0.1) is 0 Å². The molecule has 0 heterocycles. The molecular weight excluding hydrogens is 438 g/mol. The summed E-state index contributed by atoms with van der Waals surface area (Å²) < 4.78 is 153. The van der Waals surface area contributed by atoms with Crippen LogP contribution in [0.15, 0.2) is 0 Å². The molecule has 0 atom stereocenters. The molecule has 0 aromatic rings. The van der Waals surface area contributed by atoms with E-state index >= 15 is 0 Å². The van der Waals surface area contributed by atoms with Crippen molar-refractivity contribution in [2.75, 3.05) is 5.08 Å². The second-order valence-corrected chi connectivity index (χ2v) is 8.39. The van der Waals surface area contributed by atoms with Crippen LogP contribution in [0.25, 0.3) is 0 Å². The van der Waals surface area contributed by atoms with Crippen LogP contribution in [-0.4, -0.2) is 31.0 Å². The first kappa shape index (κ1) is 35.3. The van der Waals surface area contributed by atoms with Gasteiger partial charge < -0.3 is 2.85 Å². The van der Waals surface area contributed by atoms with E-state index in [1.54, 1.807) is 0 Å². The molecule has 0 fully saturated rings. The van der Waals surface area contributed by atoms with Gasteiger partial charge in [-0.15, -0.1) is 0 Å². The molecule has 0 aromatic carbocycles. The first-order valence-electron chi connectivity index (χ1n) is 3.30. The summed E-state index contributed by atoms with van der Waals surface area (Å²) in [4.78, 5) is 0. The molecule has 2 N–H and O–H groups in total. The van der Waals surface area contributed by atoms with Gasteiger partial charge in [-0.25, -0.2) is 0 Å². The monoisotopic (exact) mass is 444 g/mol.